The van der Waals surface area contributed by atoms with Crippen LogP contribution in [-0.2, 0) is 4.74 Å². The van der Waals surface area contributed by atoms with Gasteiger partial charge in [-0.25, -0.2) is 9.78 Å². The van der Waals surface area contributed by atoms with Crippen LogP contribution in [-0.4, -0.2) is 29.7 Å². The Hall–Kier alpha value is -2.57. The van der Waals surface area contributed by atoms with Gasteiger partial charge in [0.05, 0.1) is 24.7 Å². The van der Waals surface area contributed by atoms with E-state index < -0.39 is 12.6 Å². The van der Waals surface area contributed by atoms with Gasteiger partial charge in [0.1, 0.15) is 5.75 Å². The first-order valence-corrected chi connectivity index (χ1v) is 5.98. The lowest BCUT2D eigenvalue weighted by Gasteiger charge is -2.07. The van der Waals surface area contributed by atoms with Crippen LogP contribution in [0.2, 0.25) is 0 Å². The molecule has 0 radical (unpaired) electrons. The lowest BCUT2D eigenvalue weighted by Crippen LogP contribution is -2.09. The molecule has 7 heteroatoms. The summed E-state index contributed by atoms with van der Waals surface area (Å²) in [5.74, 6) is -0.540. The molecule has 5 nitrogen and oxygen atoms in total. The van der Waals surface area contributed by atoms with E-state index in [1.54, 1.807) is 19.1 Å². The molecule has 0 spiro atoms. The fourth-order valence-electron chi connectivity index (χ4n) is 1.69. The van der Waals surface area contributed by atoms with Crippen molar-refractivity contribution in [3.63, 3.8) is 0 Å². The molecule has 0 aliphatic rings. The molecule has 0 saturated heterocycles. The first-order valence-electron chi connectivity index (χ1n) is 5.98. The third kappa shape index (κ3) is 3.50. The standard InChI is InChI=1S/C14H12F2N2O3/c1-8-12(13(19)20-2)18-11(7-17-8)9-3-5-10(6-4-9)21-14(15)16/h3-7,14H,1-2H3. The highest BCUT2D eigenvalue weighted by atomic mass is 19.3. The fourth-order valence-corrected chi connectivity index (χ4v) is 1.69. The average Bonchev–Trinajstić information content (AvgIpc) is 2.47. The Balaban J connectivity index is 2.31. The first-order chi connectivity index (χ1) is 10.0. The second-order valence-electron chi connectivity index (χ2n) is 4.08. The molecule has 0 N–H and O–H groups in total. The molecule has 0 aliphatic heterocycles. The Morgan fingerprint density at radius 3 is 2.48 bits per heavy atom. The molecule has 21 heavy (non-hydrogen) atoms. The molecule has 0 unspecified atom stereocenters. The van der Waals surface area contributed by atoms with Gasteiger partial charge in [-0.3, -0.25) is 4.98 Å². The van der Waals surface area contributed by atoms with Crippen molar-refractivity contribution in [1.82, 2.24) is 9.97 Å². The zero-order valence-corrected chi connectivity index (χ0v) is 11.3. The SMILES string of the molecule is COC(=O)c1nc(-c2ccc(OC(F)F)cc2)cnc1C. The van der Waals surface area contributed by atoms with Crippen molar-refractivity contribution >= 4 is 5.97 Å². The van der Waals surface area contributed by atoms with Crippen LogP contribution in [0.3, 0.4) is 0 Å². The van der Waals surface area contributed by atoms with Gasteiger partial charge in [-0.2, -0.15) is 8.78 Å². The number of alkyl halides is 2. The Bertz CT molecular complexity index is 645. The lowest BCUT2D eigenvalue weighted by atomic mass is 10.1. The summed E-state index contributed by atoms with van der Waals surface area (Å²) in [4.78, 5) is 19.8. The van der Waals surface area contributed by atoms with E-state index in [1.165, 1.54) is 25.4 Å². The maximum absolute atomic E-state index is 12.1. The predicted octanol–water partition coefficient (Wildman–Crippen LogP) is 2.84. The monoisotopic (exact) mass is 294 g/mol. The number of aryl methyl sites for hydroxylation is 1. The molecule has 0 aliphatic carbocycles. The summed E-state index contributed by atoms with van der Waals surface area (Å²) >= 11 is 0. The van der Waals surface area contributed by atoms with Gasteiger partial charge in [0, 0.05) is 5.56 Å². The van der Waals surface area contributed by atoms with E-state index in [-0.39, 0.29) is 11.4 Å². The third-order valence-corrected chi connectivity index (χ3v) is 2.71. The van der Waals surface area contributed by atoms with E-state index in [2.05, 4.69) is 19.4 Å². The molecular weight excluding hydrogens is 282 g/mol. The molecule has 1 aromatic carbocycles. The number of nitrogens with zero attached hydrogens (tertiary/aromatic N) is 2. The van der Waals surface area contributed by atoms with E-state index in [9.17, 15) is 13.6 Å². The van der Waals surface area contributed by atoms with Gasteiger partial charge in [-0.05, 0) is 31.2 Å². The van der Waals surface area contributed by atoms with Gasteiger partial charge in [0.25, 0.3) is 0 Å². The van der Waals surface area contributed by atoms with E-state index in [1.807, 2.05) is 0 Å². The van der Waals surface area contributed by atoms with E-state index in [0.717, 1.165) is 0 Å². The van der Waals surface area contributed by atoms with E-state index >= 15 is 0 Å². The zero-order chi connectivity index (χ0) is 15.4. The lowest BCUT2D eigenvalue weighted by molar-refractivity contribution is -0.0498. The number of carbonyl (C=O) groups is 1. The molecule has 0 saturated carbocycles. The molecule has 0 amide bonds. The maximum atomic E-state index is 12.1. The summed E-state index contributed by atoms with van der Waals surface area (Å²) < 4.78 is 33.0. The highest BCUT2D eigenvalue weighted by Crippen LogP contribution is 2.22. The minimum Gasteiger partial charge on any atom is -0.464 e. The molecule has 110 valence electrons. The van der Waals surface area contributed by atoms with Crippen molar-refractivity contribution in [2.75, 3.05) is 7.11 Å². The number of ether oxygens (including phenoxy) is 2. The summed E-state index contributed by atoms with van der Waals surface area (Å²) in [6.07, 6.45) is 1.49. The average molecular weight is 294 g/mol. The number of methoxy groups -OCH3 is 1. The van der Waals surface area contributed by atoms with Crippen molar-refractivity contribution in [3.05, 3.63) is 41.9 Å². The number of hydrogen-bond donors (Lipinski definition) is 0. The second-order valence-corrected chi connectivity index (χ2v) is 4.08. The van der Waals surface area contributed by atoms with Gasteiger partial charge < -0.3 is 9.47 Å². The normalized spacial score (nSPS) is 10.5. The molecule has 1 aromatic heterocycles. The summed E-state index contributed by atoms with van der Waals surface area (Å²) in [6, 6.07) is 5.89. The van der Waals surface area contributed by atoms with Crippen molar-refractivity contribution in [2.45, 2.75) is 13.5 Å². The molecule has 0 atom stereocenters. The number of halogens is 2. The van der Waals surface area contributed by atoms with Crippen molar-refractivity contribution < 1.29 is 23.0 Å². The maximum Gasteiger partial charge on any atom is 0.387 e. The van der Waals surface area contributed by atoms with E-state index in [0.29, 0.717) is 17.0 Å². The number of benzene rings is 1. The van der Waals surface area contributed by atoms with Crippen molar-refractivity contribution in [3.8, 4) is 17.0 Å². The summed E-state index contributed by atoms with van der Waals surface area (Å²) in [5, 5.41) is 0. The third-order valence-electron chi connectivity index (χ3n) is 2.71. The van der Waals surface area contributed by atoms with Gasteiger partial charge in [-0.15, -0.1) is 0 Å². The van der Waals surface area contributed by atoms with Crippen LogP contribution in [0.5, 0.6) is 5.75 Å². The number of rotatable bonds is 4. The van der Waals surface area contributed by atoms with Crippen molar-refractivity contribution in [2.24, 2.45) is 0 Å². The van der Waals surface area contributed by atoms with Crippen LogP contribution < -0.4 is 4.74 Å². The summed E-state index contributed by atoms with van der Waals surface area (Å²) in [7, 11) is 1.26. The highest BCUT2D eigenvalue weighted by molar-refractivity contribution is 5.88. The summed E-state index contributed by atoms with van der Waals surface area (Å²) in [5.41, 5.74) is 1.62. The Labute approximate surface area is 119 Å². The van der Waals surface area contributed by atoms with E-state index in [4.69, 9.17) is 0 Å². The van der Waals surface area contributed by atoms with Crippen LogP contribution >= 0.6 is 0 Å². The first kappa shape index (κ1) is 14.8. The Morgan fingerprint density at radius 1 is 1.24 bits per heavy atom. The molecular formula is C14H12F2N2O3. The van der Waals surface area contributed by atoms with Crippen molar-refractivity contribution in [1.29, 1.82) is 0 Å². The zero-order valence-electron chi connectivity index (χ0n) is 11.3. The minimum atomic E-state index is -2.87. The van der Waals surface area contributed by atoms with Crippen LogP contribution in [0.15, 0.2) is 30.5 Å². The topological polar surface area (TPSA) is 61.3 Å². The number of aromatic nitrogens is 2. The summed E-state index contributed by atoms with van der Waals surface area (Å²) in [6.45, 7) is -1.23. The quantitative estimate of drug-likeness (QED) is 0.811. The largest absolute Gasteiger partial charge is 0.464 e. The van der Waals surface area contributed by atoms with Crippen LogP contribution in [0.1, 0.15) is 16.2 Å². The smallest absolute Gasteiger partial charge is 0.387 e. The van der Waals surface area contributed by atoms with Gasteiger partial charge in [-0.1, -0.05) is 0 Å². The van der Waals surface area contributed by atoms with Crippen LogP contribution in [0.4, 0.5) is 8.78 Å². The highest BCUT2D eigenvalue weighted by Gasteiger charge is 2.14. The fraction of sp³-hybridized carbons (Fsp3) is 0.214. The van der Waals surface area contributed by atoms with Crippen LogP contribution in [0.25, 0.3) is 11.3 Å². The van der Waals surface area contributed by atoms with Gasteiger partial charge >= 0.3 is 12.6 Å². The molecule has 1 heterocycles. The Kier molecular flexibility index (Phi) is 4.42. The predicted molar refractivity (Wildman–Crippen MR) is 70.2 cm³/mol. The number of esters is 1. The Morgan fingerprint density at radius 2 is 1.90 bits per heavy atom. The number of hydrogen-bond acceptors (Lipinski definition) is 5. The van der Waals surface area contributed by atoms with Gasteiger partial charge in [0.15, 0.2) is 5.69 Å². The molecule has 0 fully saturated rings. The minimum absolute atomic E-state index is 0.0435. The van der Waals surface area contributed by atoms with Gasteiger partial charge in [0.2, 0.25) is 0 Å². The molecule has 0 bridgehead atoms. The second kappa shape index (κ2) is 6.25. The molecule has 2 rings (SSSR count). The number of carbonyl (C=O) groups excluding carboxylic acids is 1. The molecule has 2 aromatic rings. The van der Waals surface area contributed by atoms with Crippen LogP contribution in [0, 0.1) is 6.92 Å².